The zero-order valence-electron chi connectivity index (χ0n) is 17.2. The van der Waals surface area contributed by atoms with Gasteiger partial charge in [0, 0.05) is 37.9 Å². The molecule has 0 radical (unpaired) electrons. The third kappa shape index (κ3) is 3.68. The molecule has 0 saturated carbocycles. The Morgan fingerprint density at radius 1 is 1.10 bits per heavy atom. The number of aromatic nitrogens is 3. The standard InChI is InChI=1S/C21H23F3N6O/c1-13-26-18-12-30(11-17(18)19(27-13)28-4-2-5-28)20(31)14-3-6-29(10-14)16-7-15(8-25-9-16)21(22,23)24/h7-9,14H,2-6,10-12H2,1H3/t14-/m1/s1. The first-order valence-electron chi connectivity index (χ1n) is 10.5. The molecule has 0 N–H and O–H groups in total. The lowest BCUT2D eigenvalue weighted by molar-refractivity contribution is -0.138. The second kappa shape index (κ2) is 7.35. The molecule has 10 heteroatoms. The van der Waals surface area contributed by atoms with Crippen molar-refractivity contribution in [3.63, 3.8) is 0 Å². The van der Waals surface area contributed by atoms with Crippen molar-refractivity contribution in [2.24, 2.45) is 5.92 Å². The zero-order valence-corrected chi connectivity index (χ0v) is 17.2. The number of halogens is 3. The predicted molar refractivity (Wildman–Crippen MR) is 107 cm³/mol. The summed E-state index contributed by atoms with van der Waals surface area (Å²) in [4.78, 5) is 31.9. The van der Waals surface area contributed by atoms with E-state index in [-0.39, 0.29) is 11.8 Å². The first-order valence-corrected chi connectivity index (χ1v) is 10.5. The van der Waals surface area contributed by atoms with Crippen LogP contribution in [0.5, 0.6) is 0 Å². The van der Waals surface area contributed by atoms with Gasteiger partial charge in [0.1, 0.15) is 11.6 Å². The lowest BCUT2D eigenvalue weighted by Gasteiger charge is -2.33. The summed E-state index contributed by atoms with van der Waals surface area (Å²) in [6, 6.07) is 1.10. The number of hydrogen-bond donors (Lipinski definition) is 0. The van der Waals surface area contributed by atoms with Gasteiger partial charge in [-0.1, -0.05) is 0 Å². The number of anilines is 2. The van der Waals surface area contributed by atoms with E-state index >= 15 is 0 Å². The molecule has 3 aliphatic heterocycles. The quantitative estimate of drug-likeness (QED) is 0.743. The molecule has 0 aromatic carbocycles. The molecular formula is C21H23F3N6O. The van der Waals surface area contributed by atoms with Crippen LogP contribution in [0.15, 0.2) is 18.5 Å². The van der Waals surface area contributed by atoms with Crippen molar-refractivity contribution in [2.75, 3.05) is 36.0 Å². The summed E-state index contributed by atoms with van der Waals surface area (Å²) in [7, 11) is 0. The van der Waals surface area contributed by atoms with Crippen LogP contribution in [0.25, 0.3) is 0 Å². The van der Waals surface area contributed by atoms with Crippen LogP contribution in [0, 0.1) is 12.8 Å². The second-order valence-electron chi connectivity index (χ2n) is 8.42. The number of nitrogens with zero attached hydrogens (tertiary/aromatic N) is 6. The van der Waals surface area contributed by atoms with Gasteiger partial charge < -0.3 is 14.7 Å². The molecule has 2 aromatic heterocycles. The molecule has 0 bridgehead atoms. The largest absolute Gasteiger partial charge is 0.417 e. The Morgan fingerprint density at radius 2 is 1.90 bits per heavy atom. The van der Waals surface area contributed by atoms with Gasteiger partial charge in [-0.15, -0.1) is 0 Å². The average molecular weight is 432 g/mol. The first-order chi connectivity index (χ1) is 14.8. The minimum Gasteiger partial charge on any atom is -0.369 e. The van der Waals surface area contributed by atoms with Gasteiger partial charge >= 0.3 is 6.18 Å². The third-order valence-corrected chi connectivity index (χ3v) is 6.29. The summed E-state index contributed by atoms with van der Waals surface area (Å²) >= 11 is 0. The van der Waals surface area contributed by atoms with Crippen LogP contribution in [0.4, 0.5) is 24.7 Å². The highest BCUT2D eigenvalue weighted by molar-refractivity contribution is 5.81. The summed E-state index contributed by atoms with van der Waals surface area (Å²) in [5.41, 5.74) is 1.55. The number of rotatable bonds is 3. The van der Waals surface area contributed by atoms with E-state index in [0.717, 1.165) is 48.8 Å². The molecule has 2 aromatic rings. The van der Waals surface area contributed by atoms with E-state index in [1.165, 1.54) is 6.20 Å². The van der Waals surface area contributed by atoms with E-state index < -0.39 is 11.7 Å². The summed E-state index contributed by atoms with van der Waals surface area (Å²) < 4.78 is 39.0. The number of carbonyl (C=O) groups excluding carboxylic acids is 1. The smallest absolute Gasteiger partial charge is 0.369 e. The van der Waals surface area contributed by atoms with Crippen molar-refractivity contribution in [2.45, 2.75) is 39.0 Å². The molecule has 2 saturated heterocycles. The van der Waals surface area contributed by atoms with Crippen LogP contribution in [-0.4, -0.2) is 51.9 Å². The number of alkyl halides is 3. The van der Waals surface area contributed by atoms with E-state index in [0.29, 0.717) is 44.1 Å². The van der Waals surface area contributed by atoms with Gasteiger partial charge in [-0.25, -0.2) is 9.97 Å². The van der Waals surface area contributed by atoms with Gasteiger partial charge in [-0.2, -0.15) is 13.2 Å². The molecule has 31 heavy (non-hydrogen) atoms. The Hall–Kier alpha value is -2.91. The van der Waals surface area contributed by atoms with Crippen LogP contribution in [0.2, 0.25) is 0 Å². The minimum absolute atomic E-state index is 0.0210. The van der Waals surface area contributed by atoms with Gasteiger partial charge in [0.05, 0.1) is 42.1 Å². The number of pyridine rings is 1. The number of aryl methyl sites for hydroxylation is 1. The summed E-state index contributed by atoms with van der Waals surface area (Å²) in [5, 5.41) is 0. The highest BCUT2D eigenvalue weighted by atomic mass is 19.4. The van der Waals surface area contributed by atoms with E-state index in [1.807, 2.05) is 11.8 Å². The Labute approximate surface area is 177 Å². The average Bonchev–Trinajstić information content (AvgIpc) is 3.33. The van der Waals surface area contributed by atoms with Crippen LogP contribution in [0.3, 0.4) is 0 Å². The number of fused-ring (bicyclic) bond motifs is 1. The molecule has 5 rings (SSSR count). The highest BCUT2D eigenvalue weighted by Gasteiger charge is 2.37. The van der Waals surface area contributed by atoms with Crippen molar-refractivity contribution in [1.82, 2.24) is 19.9 Å². The second-order valence-corrected chi connectivity index (χ2v) is 8.42. The Bertz CT molecular complexity index is 1020. The normalized spacial score (nSPS) is 20.8. The molecule has 7 nitrogen and oxygen atoms in total. The van der Waals surface area contributed by atoms with Crippen molar-refractivity contribution in [3.8, 4) is 0 Å². The molecule has 0 unspecified atom stereocenters. The van der Waals surface area contributed by atoms with Gasteiger partial charge in [-0.3, -0.25) is 9.78 Å². The van der Waals surface area contributed by atoms with Crippen LogP contribution < -0.4 is 9.80 Å². The maximum Gasteiger partial charge on any atom is 0.417 e. The van der Waals surface area contributed by atoms with Crippen molar-refractivity contribution >= 4 is 17.4 Å². The zero-order chi connectivity index (χ0) is 21.8. The molecule has 5 heterocycles. The van der Waals surface area contributed by atoms with E-state index in [2.05, 4.69) is 19.9 Å². The van der Waals surface area contributed by atoms with E-state index in [9.17, 15) is 18.0 Å². The third-order valence-electron chi connectivity index (χ3n) is 6.29. The van der Waals surface area contributed by atoms with Gasteiger partial charge in [0.25, 0.3) is 0 Å². The lowest BCUT2D eigenvalue weighted by Crippen LogP contribution is -2.39. The molecule has 164 valence electrons. The molecular weight excluding hydrogens is 409 g/mol. The monoisotopic (exact) mass is 432 g/mol. The highest BCUT2D eigenvalue weighted by Crippen LogP contribution is 2.35. The van der Waals surface area contributed by atoms with Gasteiger partial charge in [0.15, 0.2) is 0 Å². The SMILES string of the molecule is Cc1nc2c(c(N3CCC3)n1)CN(C(=O)[C@@H]1CCN(c3cncc(C(F)(F)F)c3)C1)C2. The Balaban J connectivity index is 1.29. The van der Waals surface area contributed by atoms with E-state index in [4.69, 9.17) is 0 Å². The molecule has 1 atom stereocenters. The number of amides is 1. The molecule has 0 spiro atoms. The fraction of sp³-hybridized carbons (Fsp3) is 0.524. The van der Waals surface area contributed by atoms with Gasteiger partial charge in [0.2, 0.25) is 5.91 Å². The Morgan fingerprint density at radius 3 is 2.61 bits per heavy atom. The van der Waals surface area contributed by atoms with E-state index in [1.54, 1.807) is 4.90 Å². The maximum absolute atomic E-state index is 13.2. The molecule has 1 amide bonds. The van der Waals surface area contributed by atoms with Crippen LogP contribution in [-0.2, 0) is 24.1 Å². The number of carbonyl (C=O) groups is 1. The molecule has 3 aliphatic rings. The topological polar surface area (TPSA) is 65.5 Å². The van der Waals surface area contributed by atoms with Crippen molar-refractivity contribution in [1.29, 1.82) is 0 Å². The minimum atomic E-state index is -4.44. The van der Waals surface area contributed by atoms with Crippen LogP contribution >= 0.6 is 0 Å². The van der Waals surface area contributed by atoms with Crippen molar-refractivity contribution in [3.05, 3.63) is 41.1 Å². The molecule has 2 fully saturated rings. The summed E-state index contributed by atoms with van der Waals surface area (Å²) in [6.45, 7) is 5.67. The fourth-order valence-electron chi connectivity index (χ4n) is 4.51. The number of hydrogen-bond acceptors (Lipinski definition) is 6. The summed E-state index contributed by atoms with van der Waals surface area (Å²) in [5.74, 6) is 1.41. The molecule has 0 aliphatic carbocycles. The Kier molecular flexibility index (Phi) is 4.75. The maximum atomic E-state index is 13.2. The fourth-order valence-corrected chi connectivity index (χ4v) is 4.51. The van der Waals surface area contributed by atoms with Crippen molar-refractivity contribution < 1.29 is 18.0 Å². The lowest BCUT2D eigenvalue weighted by atomic mass is 10.1. The van der Waals surface area contributed by atoms with Gasteiger partial charge in [-0.05, 0) is 25.8 Å². The predicted octanol–water partition coefficient (Wildman–Crippen LogP) is 2.78. The summed E-state index contributed by atoms with van der Waals surface area (Å²) in [6.07, 6.45) is -0.449. The van der Waals surface area contributed by atoms with Crippen LogP contribution in [0.1, 0.15) is 35.5 Å². The first kappa shape index (κ1) is 20.0.